The zero-order valence-electron chi connectivity index (χ0n) is 13.0. The summed E-state index contributed by atoms with van der Waals surface area (Å²) in [6.07, 6.45) is 4.47. The predicted octanol–water partition coefficient (Wildman–Crippen LogP) is 3.84. The number of allylic oxidation sites excluding steroid dienone is 2. The molecule has 1 fully saturated rings. The van der Waals surface area contributed by atoms with Crippen LogP contribution in [0.2, 0.25) is 0 Å². The normalized spacial score (nSPS) is 27.8. The van der Waals surface area contributed by atoms with Crippen LogP contribution in [0.3, 0.4) is 0 Å². The molecule has 0 bridgehead atoms. The van der Waals surface area contributed by atoms with Gasteiger partial charge in [0.25, 0.3) is 0 Å². The maximum Gasteiger partial charge on any atom is 0.189 e. The van der Waals surface area contributed by atoms with Crippen molar-refractivity contribution in [2.75, 3.05) is 0 Å². The van der Waals surface area contributed by atoms with Gasteiger partial charge in [0.15, 0.2) is 5.41 Å². The Morgan fingerprint density at radius 1 is 1.12 bits per heavy atom. The van der Waals surface area contributed by atoms with E-state index in [9.17, 15) is 20.2 Å². The lowest BCUT2D eigenvalue weighted by atomic mass is 9.53. The zero-order valence-corrected chi connectivity index (χ0v) is 13.0. The van der Waals surface area contributed by atoms with Crippen molar-refractivity contribution in [2.24, 2.45) is 17.3 Å². The fourth-order valence-corrected chi connectivity index (χ4v) is 4.06. The SMILES string of the molecule is N#C[C@@H]1C(=N)C(C#N)(C#N)[C@@H](c2ccc(F)cc2)[C@@H]2CCCC=C12. The van der Waals surface area contributed by atoms with Gasteiger partial charge in [-0.05, 0) is 48.4 Å². The van der Waals surface area contributed by atoms with Crippen molar-refractivity contribution in [3.63, 3.8) is 0 Å². The van der Waals surface area contributed by atoms with Crippen LogP contribution in [-0.4, -0.2) is 5.71 Å². The molecule has 3 atom stereocenters. The Hall–Kier alpha value is -2.97. The molecular weight excluding hydrogens is 303 g/mol. The van der Waals surface area contributed by atoms with Crippen molar-refractivity contribution in [3.05, 3.63) is 47.3 Å². The molecule has 118 valence electrons. The molecular formula is C19H15FN4. The van der Waals surface area contributed by atoms with E-state index < -0.39 is 23.1 Å². The first-order valence-electron chi connectivity index (χ1n) is 7.85. The minimum atomic E-state index is -1.70. The van der Waals surface area contributed by atoms with E-state index >= 15 is 0 Å². The minimum Gasteiger partial charge on any atom is -0.305 e. The van der Waals surface area contributed by atoms with Crippen LogP contribution in [0.15, 0.2) is 35.9 Å². The Morgan fingerprint density at radius 3 is 2.38 bits per heavy atom. The highest BCUT2D eigenvalue weighted by Gasteiger charge is 2.57. The number of rotatable bonds is 1. The number of nitrogens with one attached hydrogen (secondary N) is 1. The predicted molar refractivity (Wildman–Crippen MR) is 85.1 cm³/mol. The van der Waals surface area contributed by atoms with Crippen molar-refractivity contribution in [1.29, 1.82) is 21.2 Å². The lowest BCUT2D eigenvalue weighted by molar-refractivity contribution is 0.320. The smallest absolute Gasteiger partial charge is 0.189 e. The Labute approximate surface area is 140 Å². The molecule has 5 heteroatoms. The molecule has 0 aliphatic heterocycles. The van der Waals surface area contributed by atoms with E-state index in [0.29, 0.717) is 5.56 Å². The van der Waals surface area contributed by atoms with Crippen LogP contribution in [0.5, 0.6) is 0 Å². The summed E-state index contributed by atoms with van der Waals surface area (Å²) in [5.74, 6) is -1.93. The molecule has 4 nitrogen and oxygen atoms in total. The average molecular weight is 318 g/mol. The molecule has 1 aromatic carbocycles. The number of hydrogen-bond donors (Lipinski definition) is 1. The molecule has 3 rings (SSSR count). The van der Waals surface area contributed by atoms with Gasteiger partial charge in [-0.2, -0.15) is 15.8 Å². The first-order chi connectivity index (χ1) is 11.6. The topological polar surface area (TPSA) is 95.2 Å². The minimum absolute atomic E-state index is 0.151. The van der Waals surface area contributed by atoms with Gasteiger partial charge in [0, 0.05) is 5.92 Å². The van der Waals surface area contributed by atoms with Crippen LogP contribution in [0.25, 0.3) is 0 Å². The fourth-order valence-electron chi connectivity index (χ4n) is 4.06. The monoisotopic (exact) mass is 318 g/mol. The number of nitriles is 3. The van der Waals surface area contributed by atoms with E-state index in [1.54, 1.807) is 12.1 Å². The largest absolute Gasteiger partial charge is 0.305 e. The highest BCUT2D eigenvalue weighted by Crippen LogP contribution is 2.55. The molecule has 0 unspecified atom stereocenters. The Bertz CT molecular complexity index is 818. The molecule has 1 aromatic rings. The number of halogens is 1. The summed E-state index contributed by atoms with van der Waals surface area (Å²) in [5, 5.41) is 37.5. The summed E-state index contributed by atoms with van der Waals surface area (Å²) in [4.78, 5) is 0. The van der Waals surface area contributed by atoms with Crippen LogP contribution in [0, 0.1) is 62.5 Å². The van der Waals surface area contributed by atoms with Gasteiger partial charge in [0.1, 0.15) is 11.7 Å². The lowest BCUT2D eigenvalue weighted by Gasteiger charge is -2.45. The summed E-state index contributed by atoms with van der Waals surface area (Å²) >= 11 is 0. The van der Waals surface area contributed by atoms with Crippen LogP contribution < -0.4 is 0 Å². The molecule has 0 spiro atoms. The quantitative estimate of drug-likeness (QED) is 0.797. The number of benzene rings is 1. The summed E-state index contributed by atoms with van der Waals surface area (Å²) in [5.41, 5.74) is -0.353. The second-order valence-electron chi connectivity index (χ2n) is 6.28. The molecule has 0 radical (unpaired) electrons. The molecule has 0 aromatic heterocycles. The van der Waals surface area contributed by atoms with Crippen molar-refractivity contribution in [1.82, 2.24) is 0 Å². The highest BCUT2D eigenvalue weighted by molar-refractivity contribution is 6.00. The maximum absolute atomic E-state index is 13.3. The van der Waals surface area contributed by atoms with E-state index in [0.717, 1.165) is 24.8 Å². The number of hydrogen-bond acceptors (Lipinski definition) is 4. The van der Waals surface area contributed by atoms with Gasteiger partial charge in [0.05, 0.1) is 23.9 Å². The van der Waals surface area contributed by atoms with E-state index in [-0.39, 0.29) is 11.6 Å². The summed E-state index contributed by atoms with van der Waals surface area (Å²) in [6.45, 7) is 0. The molecule has 0 heterocycles. The van der Waals surface area contributed by atoms with Crippen molar-refractivity contribution in [3.8, 4) is 18.2 Å². The second-order valence-corrected chi connectivity index (χ2v) is 6.28. The van der Waals surface area contributed by atoms with E-state index in [1.807, 2.05) is 18.2 Å². The first-order valence-corrected chi connectivity index (χ1v) is 7.85. The van der Waals surface area contributed by atoms with E-state index in [2.05, 4.69) is 6.07 Å². The van der Waals surface area contributed by atoms with Crippen LogP contribution in [0.4, 0.5) is 4.39 Å². The molecule has 1 saturated carbocycles. The van der Waals surface area contributed by atoms with E-state index in [1.165, 1.54) is 12.1 Å². The van der Waals surface area contributed by atoms with Gasteiger partial charge in [-0.3, -0.25) is 0 Å². The fraction of sp³-hybridized carbons (Fsp3) is 0.368. The molecule has 24 heavy (non-hydrogen) atoms. The van der Waals surface area contributed by atoms with Crippen LogP contribution >= 0.6 is 0 Å². The van der Waals surface area contributed by atoms with Gasteiger partial charge in [-0.15, -0.1) is 0 Å². The average Bonchev–Trinajstić information content (AvgIpc) is 2.62. The van der Waals surface area contributed by atoms with Gasteiger partial charge in [-0.1, -0.05) is 18.2 Å². The molecule has 2 aliphatic carbocycles. The van der Waals surface area contributed by atoms with Crippen molar-refractivity contribution in [2.45, 2.75) is 25.2 Å². The molecule has 0 saturated heterocycles. The Morgan fingerprint density at radius 2 is 1.79 bits per heavy atom. The number of fused-ring (bicyclic) bond motifs is 1. The zero-order chi connectivity index (χ0) is 17.3. The number of nitrogens with zero attached hydrogens (tertiary/aromatic N) is 3. The maximum atomic E-state index is 13.3. The third-order valence-electron chi connectivity index (χ3n) is 5.15. The highest BCUT2D eigenvalue weighted by atomic mass is 19.1. The van der Waals surface area contributed by atoms with Crippen LogP contribution in [-0.2, 0) is 0 Å². The summed E-state index contributed by atoms with van der Waals surface area (Å²) in [6, 6.07) is 11.9. The van der Waals surface area contributed by atoms with Crippen LogP contribution in [0.1, 0.15) is 30.7 Å². The van der Waals surface area contributed by atoms with Gasteiger partial charge in [0.2, 0.25) is 0 Å². The lowest BCUT2D eigenvalue weighted by Crippen LogP contribution is -2.48. The van der Waals surface area contributed by atoms with Gasteiger partial charge >= 0.3 is 0 Å². The summed E-state index contributed by atoms with van der Waals surface area (Å²) in [7, 11) is 0. The molecule has 0 amide bonds. The Kier molecular flexibility index (Phi) is 3.92. The molecule has 2 aliphatic rings. The van der Waals surface area contributed by atoms with E-state index in [4.69, 9.17) is 5.41 Å². The molecule has 1 N–H and O–H groups in total. The third kappa shape index (κ3) is 2.12. The van der Waals surface area contributed by atoms with Gasteiger partial charge < -0.3 is 5.41 Å². The third-order valence-corrected chi connectivity index (χ3v) is 5.15. The Balaban J connectivity index is 2.24. The first kappa shape index (κ1) is 15.9. The summed E-state index contributed by atoms with van der Waals surface area (Å²) < 4.78 is 13.3. The van der Waals surface area contributed by atoms with Crippen molar-refractivity contribution < 1.29 is 4.39 Å². The van der Waals surface area contributed by atoms with Gasteiger partial charge in [-0.25, -0.2) is 4.39 Å². The van der Waals surface area contributed by atoms with Crippen molar-refractivity contribution >= 4 is 5.71 Å². The standard InChI is InChI=1S/C19H15FN4/c20-13-7-5-12(6-8-13)17-15-4-2-1-3-14(15)16(9-21)18(24)19(17,10-22)11-23/h3,5-8,15-17,24H,1-2,4H2/t15-,16+,17+/m1/s1. The second kappa shape index (κ2) is 5.91.